The molecule has 0 heterocycles. The van der Waals surface area contributed by atoms with Crippen molar-refractivity contribution in [2.75, 3.05) is 18.1 Å². The fraction of sp³-hybridized carbons (Fsp3) is 0.235. The van der Waals surface area contributed by atoms with E-state index in [9.17, 15) is 26.4 Å². The van der Waals surface area contributed by atoms with Crippen molar-refractivity contribution in [3.63, 3.8) is 0 Å². The number of anilines is 1. The van der Waals surface area contributed by atoms with Crippen molar-refractivity contribution in [2.24, 2.45) is 0 Å². The van der Waals surface area contributed by atoms with Crippen molar-refractivity contribution in [1.82, 2.24) is 4.31 Å². The number of amides is 1. The fourth-order valence-corrected chi connectivity index (χ4v) is 3.00. The number of nitrogens with one attached hydrogen (secondary N) is 1. The standard InChI is InChI=1S/C17H17F3N2O3S/c1-26(24,25)22(11-13-7-3-2-4-8-13)12-16(23)21-15-10-6-5-9-14(15)17(18,19)20/h2-10H,11-12H2,1H3,(H,21,23). The van der Waals surface area contributed by atoms with Crippen LogP contribution >= 0.6 is 0 Å². The largest absolute Gasteiger partial charge is 0.418 e. The van der Waals surface area contributed by atoms with Gasteiger partial charge in [-0.05, 0) is 17.7 Å². The molecule has 0 fully saturated rings. The van der Waals surface area contributed by atoms with Gasteiger partial charge < -0.3 is 5.32 Å². The van der Waals surface area contributed by atoms with Crippen LogP contribution in [0.1, 0.15) is 11.1 Å². The number of carbonyl (C=O) groups is 1. The van der Waals surface area contributed by atoms with E-state index in [2.05, 4.69) is 5.32 Å². The molecular formula is C17H17F3N2O3S. The predicted molar refractivity (Wildman–Crippen MR) is 91.8 cm³/mol. The molecule has 9 heteroatoms. The molecule has 0 saturated heterocycles. The summed E-state index contributed by atoms with van der Waals surface area (Å²) in [5.41, 5.74) is -0.762. The van der Waals surface area contributed by atoms with Gasteiger partial charge in [0.25, 0.3) is 0 Å². The molecule has 0 radical (unpaired) electrons. The molecule has 0 aliphatic rings. The highest BCUT2D eigenvalue weighted by molar-refractivity contribution is 7.88. The van der Waals surface area contributed by atoms with Crippen LogP contribution in [-0.4, -0.2) is 31.4 Å². The summed E-state index contributed by atoms with van der Waals surface area (Å²) in [6.45, 7) is -0.659. The van der Waals surface area contributed by atoms with Crippen molar-refractivity contribution >= 4 is 21.6 Å². The third-order valence-electron chi connectivity index (χ3n) is 3.50. The Morgan fingerprint density at radius 1 is 1.04 bits per heavy atom. The summed E-state index contributed by atoms with van der Waals surface area (Å²) < 4.78 is 63.7. The first-order valence-corrected chi connectivity index (χ1v) is 9.37. The van der Waals surface area contributed by atoms with Crippen LogP contribution in [0.5, 0.6) is 0 Å². The van der Waals surface area contributed by atoms with Crippen LogP contribution < -0.4 is 5.32 Å². The first kappa shape index (κ1) is 19.9. The van der Waals surface area contributed by atoms with E-state index in [1.165, 1.54) is 12.1 Å². The first-order chi connectivity index (χ1) is 12.1. The van der Waals surface area contributed by atoms with E-state index < -0.39 is 39.9 Å². The summed E-state index contributed by atoms with van der Waals surface area (Å²) in [5.74, 6) is -0.858. The molecule has 0 aliphatic carbocycles. The van der Waals surface area contributed by atoms with Gasteiger partial charge in [0.2, 0.25) is 15.9 Å². The molecule has 2 aromatic rings. The van der Waals surface area contributed by atoms with Gasteiger partial charge in [-0.25, -0.2) is 8.42 Å². The van der Waals surface area contributed by atoms with Gasteiger partial charge in [-0.3, -0.25) is 4.79 Å². The van der Waals surface area contributed by atoms with Crippen LogP contribution in [0.15, 0.2) is 54.6 Å². The van der Waals surface area contributed by atoms with Crippen LogP contribution in [0.2, 0.25) is 0 Å². The second-order valence-electron chi connectivity index (χ2n) is 5.61. The van der Waals surface area contributed by atoms with Crippen molar-refractivity contribution < 1.29 is 26.4 Å². The number of nitrogens with zero attached hydrogens (tertiary/aromatic N) is 1. The molecule has 1 N–H and O–H groups in total. The van der Waals surface area contributed by atoms with Crippen LogP contribution in [0.4, 0.5) is 18.9 Å². The summed E-state index contributed by atoms with van der Waals surface area (Å²) in [4.78, 5) is 12.2. The van der Waals surface area contributed by atoms with Gasteiger partial charge in [-0.15, -0.1) is 0 Å². The van der Waals surface area contributed by atoms with E-state index in [4.69, 9.17) is 0 Å². The van der Waals surface area contributed by atoms with E-state index in [1.54, 1.807) is 30.3 Å². The number of hydrogen-bond acceptors (Lipinski definition) is 3. The summed E-state index contributed by atoms with van der Waals surface area (Å²) in [7, 11) is -3.74. The van der Waals surface area contributed by atoms with Gasteiger partial charge in [0.15, 0.2) is 0 Å². The Morgan fingerprint density at radius 3 is 2.19 bits per heavy atom. The lowest BCUT2D eigenvalue weighted by molar-refractivity contribution is -0.137. The number of carbonyl (C=O) groups excluding carboxylic acids is 1. The third kappa shape index (κ3) is 5.57. The molecular weight excluding hydrogens is 369 g/mol. The highest BCUT2D eigenvalue weighted by Gasteiger charge is 2.33. The Labute approximate surface area is 149 Å². The minimum atomic E-state index is -4.63. The molecule has 0 atom stereocenters. The molecule has 0 aromatic heterocycles. The monoisotopic (exact) mass is 386 g/mol. The first-order valence-electron chi connectivity index (χ1n) is 7.52. The van der Waals surface area contributed by atoms with Crippen molar-refractivity contribution in [1.29, 1.82) is 0 Å². The van der Waals surface area contributed by atoms with E-state index in [1.807, 2.05) is 0 Å². The summed E-state index contributed by atoms with van der Waals surface area (Å²) in [6, 6.07) is 13.1. The molecule has 0 unspecified atom stereocenters. The van der Waals surface area contributed by atoms with Gasteiger partial charge in [0.05, 0.1) is 24.1 Å². The average molecular weight is 386 g/mol. The highest BCUT2D eigenvalue weighted by atomic mass is 32.2. The quantitative estimate of drug-likeness (QED) is 0.830. The van der Waals surface area contributed by atoms with Gasteiger partial charge >= 0.3 is 6.18 Å². The fourth-order valence-electron chi connectivity index (χ4n) is 2.27. The zero-order chi connectivity index (χ0) is 19.4. The Hall–Kier alpha value is -2.39. The lowest BCUT2D eigenvalue weighted by Gasteiger charge is -2.20. The Kier molecular flexibility index (Phi) is 6.04. The summed E-state index contributed by atoms with van der Waals surface area (Å²) in [6.07, 6.45) is -3.70. The molecule has 1 amide bonds. The Morgan fingerprint density at radius 2 is 1.62 bits per heavy atom. The maximum atomic E-state index is 13.0. The normalized spacial score (nSPS) is 12.2. The lowest BCUT2D eigenvalue weighted by atomic mass is 10.1. The highest BCUT2D eigenvalue weighted by Crippen LogP contribution is 2.34. The van der Waals surface area contributed by atoms with Gasteiger partial charge in [0.1, 0.15) is 0 Å². The van der Waals surface area contributed by atoms with E-state index in [0.717, 1.165) is 22.7 Å². The number of hydrogen-bond donors (Lipinski definition) is 1. The predicted octanol–water partition coefficient (Wildman–Crippen LogP) is 3.11. The minimum Gasteiger partial charge on any atom is -0.324 e. The van der Waals surface area contributed by atoms with E-state index in [0.29, 0.717) is 5.56 Å². The van der Waals surface area contributed by atoms with Crippen molar-refractivity contribution in [3.05, 3.63) is 65.7 Å². The van der Waals surface area contributed by atoms with Gasteiger partial charge in [0, 0.05) is 6.54 Å². The molecule has 26 heavy (non-hydrogen) atoms. The summed E-state index contributed by atoms with van der Waals surface area (Å²) in [5, 5.41) is 2.14. The topological polar surface area (TPSA) is 66.5 Å². The zero-order valence-electron chi connectivity index (χ0n) is 13.8. The van der Waals surface area contributed by atoms with Crippen LogP contribution in [0.3, 0.4) is 0 Å². The number of sulfonamides is 1. The molecule has 5 nitrogen and oxygen atoms in total. The summed E-state index contributed by atoms with van der Waals surface area (Å²) >= 11 is 0. The van der Waals surface area contributed by atoms with Gasteiger partial charge in [-0.2, -0.15) is 17.5 Å². The maximum absolute atomic E-state index is 13.0. The molecule has 0 aliphatic heterocycles. The van der Waals surface area contributed by atoms with Crippen LogP contribution in [0.25, 0.3) is 0 Å². The van der Waals surface area contributed by atoms with E-state index in [-0.39, 0.29) is 6.54 Å². The molecule has 2 rings (SSSR count). The van der Waals surface area contributed by atoms with Crippen molar-refractivity contribution in [3.8, 4) is 0 Å². The molecule has 0 saturated carbocycles. The van der Waals surface area contributed by atoms with Gasteiger partial charge in [-0.1, -0.05) is 42.5 Å². The third-order valence-corrected chi connectivity index (χ3v) is 4.69. The number of halogens is 3. The maximum Gasteiger partial charge on any atom is 0.418 e. The number of alkyl halides is 3. The van der Waals surface area contributed by atoms with E-state index >= 15 is 0 Å². The minimum absolute atomic E-state index is 0.0615. The Balaban J connectivity index is 2.16. The zero-order valence-corrected chi connectivity index (χ0v) is 14.6. The molecule has 0 spiro atoms. The average Bonchev–Trinajstić information content (AvgIpc) is 2.54. The number of benzene rings is 2. The Bertz CT molecular complexity index is 868. The van der Waals surface area contributed by atoms with Crippen LogP contribution in [0, 0.1) is 0 Å². The smallest absolute Gasteiger partial charge is 0.324 e. The second-order valence-corrected chi connectivity index (χ2v) is 7.59. The second kappa shape index (κ2) is 7.88. The van der Waals surface area contributed by atoms with Crippen LogP contribution in [-0.2, 0) is 27.5 Å². The molecule has 0 bridgehead atoms. The SMILES string of the molecule is CS(=O)(=O)N(CC(=O)Nc1ccccc1C(F)(F)F)Cc1ccccc1. The molecule has 140 valence electrons. The lowest BCUT2D eigenvalue weighted by Crippen LogP contribution is -2.37. The number of rotatable bonds is 6. The molecule has 2 aromatic carbocycles. The van der Waals surface area contributed by atoms with Crippen molar-refractivity contribution in [2.45, 2.75) is 12.7 Å². The number of para-hydroxylation sites is 1.